The number of hydrogen-bond acceptors (Lipinski definition) is 4. The lowest BCUT2D eigenvalue weighted by Crippen LogP contribution is -2.34. The number of rotatable bonds is 6. The van der Waals surface area contributed by atoms with Gasteiger partial charge in [0.15, 0.2) is 5.82 Å². The van der Waals surface area contributed by atoms with Crippen LogP contribution in [0.2, 0.25) is 0 Å². The van der Waals surface area contributed by atoms with E-state index in [0.29, 0.717) is 41.4 Å². The van der Waals surface area contributed by atoms with Gasteiger partial charge < -0.3 is 15.2 Å². The molecule has 170 valence electrons. The van der Waals surface area contributed by atoms with Crippen LogP contribution in [0, 0.1) is 12.8 Å². The summed E-state index contributed by atoms with van der Waals surface area (Å²) < 4.78 is 0. The second kappa shape index (κ2) is 8.14. The Hall–Kier alpha value is -3.48. The summed E-state index contributed by atoms with van der Waals surface area (Å²) in [5.41, 5.74) is 5.66. The Morgan fingerprint density at radius 2 is 1.91 bits per heavy atom. The first kappa shape index (κ1) is 21.4. The van der Waals surface area contributed by atoms with Gasteiger partial charge in [-0.1, -0.05) is 6.07 Å². The first-order chi connectivity index (χ1) is 15.8. The fraction of sp³-hybridized carbons (Fsp3) is 0.385. The second-order valence-electron chi connectivity index (χ2n) is 9.50. The largest absolute Gasteiger partial charge is 0.348 e. The Balaban J connectivity index is 1.42. The Bertz CT molecular complexity index is 1240. The molecule has 0 bridgehead atoms. The highest BCUT2D eigenvalue weighted by Gasteiger charge is 2.38. The zero-order valence-electron chi connectivity index (χ0n) is 19.5. The Labute approximate surface area is 193 Å². The first-order valence-corrected chi connectivity index (χ1v) is 11.6. The lowest BCUT2D eigenvalue weighted by Gasteiger charge is -2.23. The van der Waals surface area contributed by atoms with Crippen LogP contribution in [0.15, 0.2) is 36.5 Å². The van der Waals surface area contributed by atoms with Crippen LogP contribution in [0.1, 0.15) is 65.7 Å². The van der Waals surface area contributed by atoms with Gasteiger partial charge >= 0.3 is 0 Å². The number of imidazole rings is 1. The average molecular weight is 444 g/mol. The van der Waals surface area contributed by atoms with Crippen LogP contribution < -0.4 is 5.32 Å². The van der Waals surface area contributed by atoms with Crippen molar-refractivity contribution in [3.8, 4) is 22.6 Å². The molecule has 7 heteroatoms. The topological polar surface area (TPSA) is 91.0 Å². The summed E-state index contributed by atoms with van der Waals surface area (Å²) in [7, 11) is 0. The van der Waals surface area contributed by atoms with Crippen molar-refractivity contribution >= 4 is 11.8 Å². The molecule has 1 atom stereocenters. The van der Waals surface area contributed by atoms with Crippen LogP contribution in [0.4, 0.5) is 0 Å². The fourth-order valence-electron chi connectivity index (χ4n) is 4.56. The number of nitrogens with zero attached hydrogens (tertiary/aromatic N) is 3. The highest BCUT2D eigenvalue weighted by atomic mass is 16.2. The maximum Gasteiger partial charge on any atom is 0.271 e. The first-order valence-electron chi connectivity index (χ1n) is 11.6. The van der Waals surface area contributed by atoms with E-state index < -0.39 is 0 Å². The van der Waals surface area contributed by atoms with Crippen LogP contribution in [0.25, 0.3) is 22.6 Å². The highest BCUT2D eigenvalue weighted by molar-refractivity contribution is 5.99. The molecule has 2 amide bonds. The third-order valence-electron chi connectivity index (χ3n) is 6.59. The van der Waals surface area contributed by atoms with Crippen LogP contribution in [0.3, 0.4) is 0 Å². The summed E-state index contributed by atoms with van der Waals surface area (Å²) in [4.78, 5) is 39.5. The molecule has 1 aromatic carbocycles. The lowest BCUT2D eigenvalue weighted by molar-refractivity contribution is 0.0697. The minimum Gasteiger partial charge on any atom is -0.348 e. The number of benzene rings is 1. The minimum atomic E-state index is -0.200. The molecule has 1 fully saturated rings. The number of carbonyl (C=O) groups excluding carboxylic acids is 2. The number of fused-ring (bicyclic) bond motifs is 1. The van der Waals surface area contributed by atoms with E-state index in [1.807, 2.05) is 49.9 Å². The molecule has 0 radical (unpaired) electrons. The van der Waals surface area contributed by atoms with Gasteiger partial charge in [0.25, 0.3) is 11.8 Å². The van der Waals surface area contributed by atoms with Crippen molar-refractivity contribution < 1.29 is 9.59 Å². The van der Waals surface area contributed by atoms with E-state index in [1.54, 1.807) is 6.20 Å². The molecule has 1 saturated carbocycles. The van der Waals surface area contributed by atoms with E-state index in [4.69, 9.17) is 0 Å². The van der Waals surface area contributed by atoms with Gasteiger partial charge in [0.05, 0.1) is 0 Å². The van der Waals surface area contributed by atoms with E-state index >= 15 is 0 Å². The van der Waals surface area contributed by atoms with Crippen molar-refractivity contribution in [2.24, 2.45) is 5.92 Å². The van der Waals surface area contributed by atoms with Gasteiger partial charge in [0, 0.05) is 36.1 Å². The summed E-state index contributed by atoms with van der Waals surface area (Å²) >= 11 is 0. The van der Waals surface area contributed by atoms with Gasteiger partial charge in [-0.3, -0.25) is 14.6 Å². The van der Waals surface area contributed by atoms with Gasteiger partial charge in [-0.25, -0.2) is 4.98 Å². The summed E-state index contributed by atoms with van der Waals surface area (Å²) in [6.45, 7) is 8.51. The molecule has 7 nitrogen and oxygen atoms in total. The average Bonchev–Trinajstić information content (AvgIpc) is 3.49. The molecule has 0 saturated heterocycles. The van der Waals surface area contributed by atoms with Crippen molar-refractivity contribution in [3.63, 3.8) is 0 Å². The predicted molar refractivity (Wildman–Crippen MR) is 127 cm³/mol. The Kier molecular flexibility index (Phi) is 5.27. The summed E-state index contributed by atoms with van der Waals surface area (Å²) in [5.74, 6) is 1.15. The van der Waals surface area contributed by atoms with Gasteiger partial charge in [0.1, 0.15) is 11.4 Å². The molecule has 2 aliphatic rings. The van der Waals surface area contributed by atoms with E-state index in [1.165, 1.54) is 12.8 Å². The van der Waals surface area contributed by atoms with Gasteiger partial charge in [-0.15, -0.1) is 0 Å². The van der Waals surface area contributed by atoms with Crippen molar-refractivity contribution in [3.05, 3.63) is 59.0 Å². The molecule has 2 aromatic heterocycles. The smallest absolute Gasteiger partial charge is 0.271 e. The Morgan fingerprint density at radius 1 is 1.15 bits per heavy atom. The molecule has 2 N–H and O–H groups in total. The molecule has 5 rings (SSSR count). The maximum absolute atomic E-state index is 12.9. The number of H-pyrrole nitrogens is 1. The normalized spacial score (nSPS) is 16.3. The number of amides is 2. The van der Waals surface area contributed by atoms with Crippen molar-refractivity contribution in [2.75, 3.05) is 0 Å². The highest BCUT2D eigenvalue weighted by Crippen LogP contribution is 2.39. The van der Waals surface area contributed by atoms with Crippen LogP contribution in [-0.2, 0) is 6.54 Å². The van der Waals surface area contributed by atoms with Crippen LogP contribution in [0.5, 0.6) is 0 Å². The third kappa shape index (κ3) is 4.03. The second-order valence-corrected chi connectivity index (χ2v) is 9.50. The quantitative estimate of drug-likeness (QED) is 0.593. The molecule has 3 aromatic rings. The molecular formula is C26H29N5O2. The third-order valence-corrected chi connectivity index (χ3v) is 6.59. The van der Waals surface area contributed by atoms with Gasteiger partial charge in [-0.2, -0.15) is 0 Å². The predicted octanol–water partition coefficient (Wildman–Crippen LogP) is 4.34. The monoisotopic (exact) mass is 443 g/mol. The van der Waals surface area contributed by atoms with Crippen LogP contribution in [-0.4, -0.2) is 43.7 Å². The molecule has 3 heterocycles. The number of aromatic nitrogens is 3. The standard InChI is InChI=1S/C26H29N5O2/c1-14(2)28-25(32)23-15(3)29-24(30-23)22-12-19(9-10-27-22)18-7-8-21-20(11-18)13-31(26(21)33)16(4)17-5-6-17/h7-12,14,16-17H,5-6,13H2,1-4H3,(H,28,32)(H,29,30)/t16-/m0/s1. The number of aromatic amines is 1. The van der Waals surface area contributed by atoms with Crippen LogP contribution >= 0.6 is 0 Å². The van der Waals surface area contributed by atoms with Gasteiger partial charge in [-0.05, 0) is 87.4 Å². The van der Waals surface area contributed by atoms with E-state index in [-0.39, 0.29) is 17.9 Å². The molecule has 33 heavy (non-hydrogen) atoms. The zero-order chi connectivity index (χ0) is 23.3. The van der Waals surface area contributed by atoms with E-state index in [9.17, 15) is 9.59 Å². The number of nitrogens with one attached hydrogen (secondary N) is 2. The SMILES string of the molecule is Cc1[nH]c(-c2cc(-c3ccc4c(c3)CN([C@@H](C)C3CC3)C4=O)ccn2)nc1C(=O)NC(C)C. The molecule has 0 unspecified atom stereocenters. The van der Waals surface area contributed by atoms with E-state index in [2.05, 4.69) is 33.3 Å². The van der Waals surface area contributed by atoms with Crippen molar-refractivity contribution in [1.82, 2.24) is 25.2 Å². The maximum atomic E-state index is 12.9. The van der Waals surface area contributed by atoms with E-state index in [0.717, 1.165) is 22.3 Å². The minimum absolute atomic E-state index is 0.0355. The summed E-state index contributed by atoms with van der Waals surface area (Å²) in [6, 6.07) is 10.3. The fourth-order valence-corrected chi connectivity index (χ4v) is 4.56. The molecule has 0 spiro atoms. The molecule has 1 aliphatic carbocycles. The van der Waals surface area contributed by atoms with Crippen molar-refractivity contribution in [1.29, 1.82) is 0 Å². The Morgan fingerprint density at radius 3 is 2.64 bits per heavy atom. The lowest BCUT2D eigenvalue weighted by atomic mass is 10.0. The van der Waals surface area contributed by atoms with Crippen molar-refractivity contribution in [2.45, 2.75) is 59.2 Å². The van der Waals surface area contributed by atoms with Gasteiger partial charge in [0.2, 0.25) is 0 Å². The number of hydrogen-bond donors (Lipinski definition) is 2. The summed E-state index contributed by atoms with van der Waals surface area (Å²) in [6.07, 6.45) is 4.19. The molecular weight excluding hydrogens is 414 g/mol. The number of pyridine rings is 1. The number of aryl methyl sites for hydroxylation is 1. The zero-order valence-corrected chi connectivity index (χ0v) is 19.5. The number of carbonyl (C=O) groups is 2. The summed E-state index contributed by atoms with van der Waals surface area (Å²) in [5, 5.41) is 2.88. The molecule has 1 aliphatic heterocycles.